The van der Waals surface area contributed by atoms with Crippen molar-refractivity contribution in [1.29, 1.82) is 0 Å². The fraction of sp³-hybridized carbons (Fsp3) is 1.00. The van der Waals surface area contributed by atoms with Crippen LogP contribution in [0.3, 0.4) is 0 Å². The Bertz CT molecular complexity index is 127. The Hall–Kier alpha value is 0.0700. The molecule has 0 spiro atoms. The van der Waals surface area contributed by atoms with Gasteiger partial charge in [0, 0.05) is 12.5 Å². The predicted octanol–water partition coefficient (Wildman–Crippen LogP) is -0.665. The third-order valence-corrected chi connectivity index (χ3v) is 3.56. The van der Waals surface area contributed by atoms with E-state index in [0.717, 1.165) is 0 Å². The lowest BCUT2D eigenvalue weighted by molar-refractivity contribution is 0.649. The summed E-state index contributed by atoms with van der Waals surface area (Å²) in [5.74, 6) is 0. The van der Waals surface area contributed by atoms with Crippen LogP contribution >= 0.6 is 0 Å². The Morgan fingerprint density at radius 3 is 1.38 bits per heavy atom. The lowest BCUT2D eigenvalue weighted by Crippen LogP contribution is -2.53. The highest BCUT2D eigenvalue weighted by Gasteiger charge is 2.16. The van der Waals surface area contributed by atoms with Gasteiger partial charge in [0.1, 0.15) is 0 Å². The first-order valence-electron chi connectivity index (χ1n) is 2.39. The van der Waals surface area contributed by atoms with Crippen molar-refractivity contribution in [3.8, 4) is 0 Å². The first-order valence-corrected chi connectivity index (χ1v) is 5.17. The summed E-state index contributed by atoms with van der Waals surface area (Å²) >= 11 is 0. The fourth-order valence-electron chi connectivity index (χ4n) is 0.102. The molecule has 0 aliphatic heterocycles. The fourth-order valence-corrected chi connectivity index (χ4v) is 0.306. The van der Waals surface area contributed by atoms with Crippen LogP contribution in [0, 0.1) is 0 Å². The van der Waals surface area contributed by atoms with Crippen LogP contribution in [-0.4, -0.2) is 30.8 Å². The normalized spacial score (nSPS) is 17.2. The highest BCUT2D eigenvalue weighted by Crippen LogP contribution is 2.01. The van der Waals surface area contributed by atoms with Crippen LogP contribution < -0.4 is 9.44 Å². The molecule has 0 amide bonds. The minimum Gasteiger partial charge on any atom is -0.255 e. The lowest BCUT2D eigenvalue weighted by atomic mass is 11.6. The molecule has 0 saturated carbocycles. The summed E-state index contributed by atoms with van der Waals surface area (Å²) in [5.41, 5.74) is 0. The molecule has 0 atom stereocenters. The van der Waals surface area contributed by atoms with Gasteiger partial charge in [-0.3, -0.25) is 13.7 Å². The van der Waals surface area contributed by atoms with E-state index in [2.05, 4.69) is 9.44 Å². The van der Waals surface area contributed by atoms with Crippen LogP contribution in [0.15, 0.2) is 0 Å². The van der Waals surface area contributed by atoms with Crippen LogP contribution in [0.2, 0.25) is 0 Å². The number of rotatable bonds is 2. The van der Waals surface area contributed by atoms with Gasteiger partial charge >= 0.3 is 0 Å². The molecule has 0 radical (unpaired) electrons. The van der Waals surface area contributed by atoms with E-state index < -0.39 is 9.44 Å². The van der Waals surface area contributed by atoms with Gasteiger partial charge in [0.2, 0.25) is 0 Å². The first kappa shape index (κ1) is 8.07. The molecule has 0 aromatic heterocycles. The van der Waals surface area contributed by atoms with Gasteiger partial charge in [-0.1, -0.05) is 0 Å². The van der Waals surface area contributed by atoms with Crippen molar-refractivity contribution < 1.29 is 4.21 Å². The van der Waals surface area contributed by atoms with E-state index in [9.17, 15) is 4.21 Å². The highest BCUT2D eigenvalue weighted by molar-refractivity contribution is 8.15. The average Bonchev–Trinajstić information content (AvgIpc) is 1.68. The predicted molar refractivity (Wildman–Crippen MR) is 38.1 cm³/mol. The van der Waals surface area contributed by atoms with Gasteiger partial charge in [-0.2, -0.15) is 0 Å². The van der Waals surface area contributed by atoms with E-state index in [1.165, 1.54) is 0 Å². The van der Waals surface area contributed by atoms with Crippen molar-refractivity contribution in [3.05, 3.63) is 0 Å². The standard InChI is InChI=1S/C4H14N2OS/c1-5-8(3,4,7)6-2/h1-4H3,(H2,5,6,7). The maximum atomic E-state index is 11.3. The second-order valence-electron chi connectivity index (χ2n) is 2.24. The molecule has 0 saturated heterocycles. The topological polar surface area (TPSA) is 41.1 Å². The Kier molecular flexibility index (Phi) is 1.80. The molecule has 0 aliphatic carbocycles. The molecule has 52 valence electrons. The van der Waals surface area contributed by atoms with Crippen molar-refractivity contribution in [2.45, 2.75) is 0 Å². The summed E-state index contributed by atoms with van der Waals surface area (Å²) in [6.07, 6.45) is 3.30. The number of nitrogens with one attached hydrogen (secondary N) is 2. The van der Waals surface area contributed by atoms with E-state index >= 15 is 0 Å². The zero-order valence-electron chi connectivity index (χ0n) is 5.82. The third kappa shape index (κ3) is 2.40. The van der Waals surface area contributed by atoms with Gasteiger partial charge in [-0.15, -0.1) is 0 Å². The Labute approximate surface area is 50.5 Å². The van der Waals surface area contributed by atoms with Crippen molar-refractivity contribution in [2.24, 2.45) is 0 Å². The summed E-state index contributed by atoms with van der Waals surface area (Å²) < 4.78 is 16.7. The van der Waals surface area contributed by atoms with Gasteiger partial charge < -0.3 is 0 Å². The van der Waals surface area contributed by atoms with Crippen LogP contribution in [0.1, 0.15) is 0 Å². The van der Waals surface area contributed by atoms with E-state index in [-0.39, 0.29) is 0 Å². The van der Waals surface area contributed by atoms with Gasteiger partial charge in [-0.05, 0) is 23.5 Å². The molecule has 4 heteroatoms. The molecule has 8 heavy (non-hydrogen) atoms. The summed E-state index contributed by atoms with van der Waals surface area (Å²) in [6.45, 7) is 0. The van der Waals surface area contributed by atoms with Crippen molar-refractivity contribution in [2.75, 3.05) is 26.6 Å². The Morgan fingerprint density at radius 2 is 1.38 bits per heavy atom. The van der Waals surface area contributed by atoms with Crippen molar-refractivity contribution >= 4 is 9.44 Å². The Balaban J connectivity index is 4.25. The van der Waals surface area contributed by atoms with Gasteiger partial charge in [0.25, 0.3) is 0 Å². The second-order valence-corrected chi connectivity index (χ2v) is 6.71. The lowest BCUT2D eigenvalue weighted by Gasteiger charge is -2.32. The molecular formula is C4H14N2OS. The first-order chi connectivity index (χ1) is 3.39. The van der Waals surface area contributed by atoms with Crippen molar-refractivity contribution in [3.63, 3.8) is 0 Å². The molecule has 0 aromatic rings. The highest BCUT2D eigenvalue weighted by atomic mass is 32.3. The van der Waals surface area contributed by atoms with Crippen LogP contribution in [0.5, 0.6) is 0 Å². The second kappa shape index (κ2) is 1.79. The molecule has 0 rings (SSSR count). The van der Waals surface area contributed by atoms with E-state index in [1.54, 1.807) is 26.6 Å². The third-order valence-electron chi connectivity index (χ3n) is 1.19. The summed E-state index contributed by atoms with van der Waals surface area (Å²) in [6, 6.07) is 0. The molecular weight excluding hydrogens is 124 g/mol. The van der Waals surface area contributed by atoms with Gasteiger partial charge in [0.15, 0.2) is 0 Å². The van der Waals surface area contributed by atoms with E-state index in [0.29, 0.717) is 0 Å². The molecule has 0 bridgehead atoms. The average molecular weight is 138 g/mol. The molecule has 3 nitrogen and oxygen atoms in total. The summed E-state index contributed by atoms with van der Waals surface area (Å²) in [4.78, 5) is 0. The molecule has 0 heterocycles. The zero-order valence-corrected chi connectivity index (χ0v) is 6.63. The largest absolute Gasteiger partial charge is 0.255 e. The Morgan fingerprint density at radius 1 is 1.12 bits per heavy atom. The van der Waals surface area contributed by atoms with Crippen LogP contribution in [0.4, 0.5) is 0 Å². The zero-order chi connectivity index (χ0) is 6.86. The molecule has 0 aromatic carbocycles. The molecule has 0 aliphatic rings. The number of hydrogen-bond donors (Lipinski definition) is 2. The quantitative estimate of drug-likeness (QED) is 0.522. The SMILES string of the molecule is CNS(C)(C)(=O)NC. The summed E-state index contributed by atoms with van der Waals surface area (Å²) in [5, 5.41) is 0. The van der Waals surface area contributed by atoms with Gasteiger partial charge in [-0.25, -0.2) is 0 Å². The molecule has 2 N–H and O–H groups in total. The monoisotopic (exact) mass is 138 g/mol. The van der Waals surface area contributed by atoms with Gasteiger partial charge in [0.05, 0.1) is 0 Å². The van der Waals surface area contributed by atoms with E-state index in [4.69, 9.17) is 0 Å². The molecule has 0 unspecified atom stereocenters. The van der Waals surface area contributed by atoms with E-state index in [1.807, 2.05) is 0 Å². The van der Waals surface area contributed by atoms with Crippen LogP contribution in [0.25, 0.3) is 0 Å². The maximum Gasteiger partial charge on any atom is 0.0155 e. The smallest absolute Gasteiger partial charge is 0.0155 e. The summed E-state index contributed by atoms with van der Waals surface area (Å²) in [7, 11) is 0.713. The molecule has 0 fully saturated rings. The minimum absolute atomic E-state index is 1.65. The maximum absolute atomic E-state index is 11.3. The number of hydrogen-bond acceptors (Lipinski definition) is 1. The minimum atomic E-state index is -2.63. The van der Waals surface area contributed by atoms with Crippen LogP contribution in [-0.2, 0) is 9.44 Å². The van der Waals surface area contributed by atoms with Crippen molar-refractivity contribution in [1.82, 2.24) is 9.44 Å².